The van der Waals surface area contributed by atoms with E-state index >= 15 is 0 Å². The van der Waals surface area contributed by atoms with Crippen molar-refractivity contribution < 1.29 is 5.06 Å². The Balaban J connectivity index is 2.43. The standard InChI is InChI=1S/C3H7NOS2/c5-4-2-1-3(4,6)7/h4,6-7H,1-2H2. The summed E-state index contributed by atoms with van der Waals surface area (Å²) < 4.78 is -0.569. The van der Waals surface area contributed by atoms with Gasteiger partial charge in [-0.25, -0.2) is 0 Å². The van der Waals surface area contributed by atoms with Crippen LogP contribution >= 0.6 is 25.3 Å². The smallest absolute Gasteiger partial charge is 0.191 e. The van der Waals surface area contributed by atoms with E-state index in [-0.39, 0.29) is 5.06 Å². The van der Waals surface area contributed by atoms with Crippen LogP contribution in [0.3, 0.4) is 0 Å². The van der Waals surface area contributed by atoms with Crippen molar-refractivity contribution >= 4 is 25.3 Å². The van der Waals surface area contributed by atoms with Gasteiger partial charge in [0, 0.05) is 0 Å². The lowest BCUT2D eigenvalue weighted by atomic mass is 10.3. The van der Waals surface area contributed by atoms with Gasteiger partial charge in [-0.1, -0.05) is 0 Å². The fourth-order valence-electron chi connectivity index (χ4n) is 0.451. The molecule has 0 saturated carbocycles. The molecule has 1 aliphatic rings. The van der Waals surface area contributed by atoms with Crippen LogP contribution in [0.5, 0.6) is 0 Å². The van der Waals surface area contributed by atoms with Crippen LogP contribution in [-0.4, -0.2) is 10.7 Å². The zero-order valence-corrected chi connectivity index (χ0v) is 5.51. The van der Waals surface area contributed by atoms with Crippen molar-refractivity contribution in [3.63, 3.8) is 0 Å². The molecule has 0 radical (unpaired) electrons. The highest BCUT2D eigenvalue weighted by Crippen LogP contribution is 2.20. The summed E-state index contributed by atoms with van der Waals surface area (Å²) in [6.45, 7) is 0.660. The SMILES string of the molecule is [O-][NH+]1CCC1(S)S. The van der Waals surface area contributed by atoms with Gasteiger partial charge in [-0.3, -0.25) is 0 Å². The number of rotatable bonds is 0. The number of hydroxylamine groups is 2. The fourth-order valence-corrected chi connectivity index (χ4v) is 0.898. The van der Waals surface area contributed by atoms with Crippen molar-refractivity contribution in [3.8, 4) is 0 Å². The van der Waals surface area contributed by atoms with Crippen molar-refractivity contribution in [2.45, 2.75) is 10.6 Å². The van der Waals surface area contributed by atoms with Crippen molar-refractivity contribution in [2.75, 3.05) is 6.54 Å². The summed E-state index contributed by atoms with van der Waals surface area (Å²) in [6, 6.07) is 0. The van der Waals surface area contributed by atoms with E-state index in [1.807, 2.05) is 0 Å². The summed E-state index contributed by atoms with van der Waals surface area (Å²) in [5.41, 5.74) is 0. The third-order valence-corrected chi connectivity index (χ3v) is 2.09. The highest BCUT2D eigenvalue weighted by Gasteiger charge is 2.37. The van der Waals surface area contributed by atoms with Gasteiger partial charge in [0.15, 0.2) is 4.20 Å². The number of nitrogens with one attached hydrogen (secondary N) is 1. The van der Waals surface area contributed by atoms with Crippen LogP contribution in [0.15, 0.2) is 0 Å². The molecule has 2 nitrogen and oxygen atoms in total. The van der Waals surface area contributed by atoms with E-state index in [9.17, 15) is 5.21 Å². The number of hydrogen-bond donors (Lipinski definition) is 3. The topological polar surface area (TPSA) is 27.5 Å². The van der Waals surface area contributed by atoms with Gasteiger partial charge in [0.05, 0.1) is 13.0 Å². The predicted molar refractivity (Wildman–Crippen MR) is 34.5 cm³/mol. The van der Waals surface area contributed by atoms with E-state index in [4.69, 9.17) is 0 Å². The molecule has 4 heteroatoms. The molecule has 1 fully saturated rings. The average molecular weight is 137 g/mol. The monoisotopic (exact) mass is 137 g/mol. The maximum atomic E-state index is 10.4. The maximum Gasteiger partial charge on any atom is 0.191 e. The van der Waals surface area contributed by atoms with Gasteiger partial charge >= 0.3 is 0 Å². The Kier molecular flexibility index (Phi) is 1.27. The van der Waals surface area contributed by atoms with Crippen LogP contribution in [0.25, 0.3) is 0 Å². The minimum Gasteiger partial charge on any atom is -0.633 e. The third-order valence-electron chi connectivity index (χ3n) is 1.15. The molecule has 1 rings (SSSR count). The Bertz CT molecular complexity index is 85.0. The minimum atomic E-state index is -0.569. The van der Waals surface area contributed by atoms with Crippen molar-refractivity contribution in [1.82, 2.24) is 0 Å². The van der Waals surface area contributed by atoms with Crippen molar-refractivity contribution in [1.29, 1.82) is 0 Å². The zero-order valence-electron chi connectivity index (χ0n) is 3.72. The quantitative estimate of drug-likeness (QED) is 0.229. The molecule has 7 heavy (non-hydrogen) atoms. The van der Waals surface area contributed by atoms with Crippen molar-refractivity contribution in [2.24, 2.45) is 0 Å². The lowest BCUT2D eigenvalue weighted by molar-refractivity contribution is -0.912. The van der Waals surface area contributed by atoms with Crippen LogP contribution in [0, 0.1) is 5.21 Å². The molecule has 42 valence electrons. The molecule has 0 amide bonds. The van der Waals surface area contributed by atoms with E-state index in [0.717, 1.165) is 6.42 Å². The molecule has 0 bridgehead atoms. The molecule has 1 atom stereocenters. The molecule has 1 N–H and O–H groups in total. The van der Waals surface area contributed by atoms with Crippen LogP contribution in [-0.2, 0) is 0 Å². The minimum absolute atomic E-state index is 0.152. The van der Waals surface area contributed by atoms with E-state index < -0.39 is 4.20 Å². The van der Waals surface area contributed by atoms with Crippen LogP contribution in [0.4, 0.5) is 0 Å². The van der Waals surface area contributed by atoms with E-state index in [0.29, 0.717) is 6.54 Å². The molecular formula is C3H7NOS2. The van der Waals surface area contributed by atoms with Crippen LogP contribution in [0.1, 0.15) is 6.42 Å². The average Bonchev–Trinajstić information content (AvgIpc) is 1.63. The fraction of sp³-hybridized carbons (Fsp3) is 1.00. The first-order chi connectivity index (χ1) is 3.13. The lowest BCUT2D eigenvalue weighted by Crippen LogP contribution is -3.20. The Labute approximate surface area is 53.3 Å². The first-order valence-corrected chi connectivity index (χ1v) is 3.00. The lowest BCUT2D eigenvalue weighted by Gasteiger charge is -2.44. The molecule has 0 aromatic heterocycles. The molecule has 1 saturated heterocycles. The molecular weight excluding hydrogens is 130 g/mol. The van der Waals surface area contributed by atoms with Gasteiger partial charge in [0.25, 0.3) is 0 Å². The van der Waals surface area contributed by atoms with Crippen molar-refractivity contribution in [3.05, 3.63) is 5.21 Å². The Morgan fingerprint density at radius 1 is 1.57 bits per heavy atom. The number of quaternary nitrogens is 1. The first-order valence-electron chi connectivity index (χ1n) is 2.11. The second-order valence-electron chi connectivity index (χ2n) is 1.74. The second-order valence-corrected chi connectivity index (χ2v) is 3.62. The maximum absolute atomic E-state index is 10.4. The predicted octanol–water partition coefficient (Wildman–Crippen LogP) is -0.714. The van der Waals surface area contributed by atoms with E-state index in [1.165, 1.54) is 0 Å². The van der Waals surface area contributed by atoms with E-state index in [2.05, 4.69) is 25.3 Å². The molecule has 0 aromatic rings. The van der Waals surface area contributed by atoms with Gasteiger partial charge < -0.3 is 10.3 Å². The molecule has 1 unspecified atom stereocenters. The Hall–Kier alpha value is 0.620. The summed E-state index contributed by atoms with van der Waals surface area (Å²) in [7, 11) is 0. The molecule has 0 aromatic carbocycles. The summed E-state index contributed by atoms with van der Waals surface area (Å²) in [5.74, 6) is 0. The van der Waals surface area contributed by atoms with Gasteiger partial charge in [-0.15, -0.1) is 25.3 Å². The normalized spacial score (nSPS) is 37.3. The summed E-state index contributed by atoms with van der Waals surface area (Å²) >= 11 is 7.90. The van der Waals surface area contributed by atoms with Crippen LogP contribution < -0.4 is 5.06 Å². The molecule has 1 heterocycles. The van der Waals surface area contributed by atoms with Gasteiger partial charge in [0.2, 0.25) is 0 Å². The van der Waals surface area contributed by atoms with Gasteiger partial charge in [-0.2, -0.15) is 0 Å². The first kappa shape index (κ1) is 5.75. The third kappa shape index (κ3) is 0.887. The molecule has 0 spiro atoms. The Morgan fingerprint density at radius 2 is 2.00 bits per heavy atom. The van der Waals surface area contributed by atoms with Crippen LogP contribution in [0.2, 0.25) is 0 Å². The zero-order chi connectivity index (χ0) is 5.49. The molecule has 1 aliphatic heterocycles. The second kappa shape index (κ2) is 1.55. The summed E-state index contributed by atoms with van der Waals surface area (Å²) in [6.07, 6.45) is 0.818. The summed E-state index contributed by atoms with van der Waals surface area (Å²) in [5, 5.41) is 10.6. The number of thiol groups is 2. The van der Waals surface area contributed by atoms with E-state index in [1.54, 1.807) is 0 Å². The molecule has 0 aliphatic carbocycles. The number of hydrogen-bond acceptors (Lipinski definition) is 3. The Morgan fingerprint density at radius 3 is 2.00 bits per heavy atom. The van der Waals surface area contributed by atoms with Gasteiger partial charge in [0.1, 0.15) is 0 Å². The largest absolute Gasteiger partial charge is 0.633 e. The van der Waals surface area contributed by atoms with Gasteiger partial charge in [-0.05, 0) is 0 Å². The highest BCUT2D eigenvalue weighted by atomic mass is 32.2. The summed E-state index contributed by atoms with van der Waals surface area (Å²) in [4.78, 5) is 0. The highest BCUT2D eigenvalue weighted by molar-refractivity contribution is 8.00.